The number of hydrogen-bond donors (Lipinski definition) is 0. The van der Waals surface area contributed by atoms with Gasteiger partial charge >= 0.3 is 6.18 Å². The maximum Gasteiger partial charge on any atom is 0.422 e. The molecule has 1 nitrogen and oxygen atoms in total. The SMILES string of the molecule is Cc1c(F)c(C(F)(F)F)c(F)c(F)c1CC#N. The van der Waals surface area contributed by atoms with Gasteiger partial charge in [0.05, 0.1) is 12.5 Å². The Morgan fingerprint density at radius 3 is 2.00 bits per heavy atom. The summed E-state index contributed by atoms with van der Waals surface area (Å²) in [7, 11) is 0. The van der Waals surface area contributed by atoms with E-state index >= 15 is 0 Å². The van der Waals surface area contributed by atoms with Crippen LogP contribution in [0.2, 0.25) is 0 Å². The molecule has 0 saturated carbocycles. The fraction of sp³-hybridized carbons (Fsp3) is 0.300. The second-order valence-electron chi connectivity index (χ2n) is 3.25. The molecule has 0 saturated heterocycles. The van der Waals surface area contributed by atoms with Crippen LogP contribution in [0, 0.1) is 35.7 Å². The Hall–Kier alpha value is -1.71. The maximum atomic E-state index is 13.3. The topological polar surface area (TPSA) is 23.8 Å². The van der Waals surface area contributed by atoms with Crippen LogP contribution >= 0.6 is 0 Å². The van der Waals surface area contributed by atoms with Crippen molar-refractivity contribution in [3.05, 3.63) is 34.1 Å². The van der Waals surface area contributed by atoms with Crippen LogP contribution in [0.3, 0.4) is 0 Å². The largest absolute Gasteiger partial charge is 0.422 e. The summed E-state index contributed by atoms with van der Waals surface area (Å²) in [5, 5.41) is 8.30. The van der Waals surface area contributed by atoms with Crippen LogP contribution in [-0.4, -0.2) is 0 Å². The first-order chi connectivity index (χ1) is 7.71. The Kier molecular flexibility index (Phi) is 3.36. The summed E-state index contributed by atoms with van der Waals surface area (Å²) >= 11 is 0. The number of benzene rings is 1. The van der Waals surface area contributed by atoms with Crippen molar-refractivity contribution < 1.29 is 26.3 Å². The van der Waals surface area contributed by atoms with Crippen molar-refractivity contribution >= 4 is 0 Å². The quantitative estimate of drug-likeness (QED) is 0.555. The first kappa shape index (κ1) is 13.4. The van der Waals surface area contributed by atoms with Crippen molar-refractivity contribution in [1.82, 2.24) is 0 Å². The number of hydrogen-bond acceptors (Lipinski definition) is 1. The standard InChI is InChI=1S/C10H5F6N/c1-4-5(2-3-17)8(12)9(13)6(7(4)11)10(14,15)16/h2H2,1H3. The first-order valence-electron chi connectivity index (χ1n) is 4.31. The van der Waals surface area contributed by atoms with E-state index in [1.165, 1.54) is 6.07 Å². The van der Waals surface area contributed by atoms with Crippen LogP contribution in [-0.2, 0) is 12.6 Å². The summed E-state index contributed by atoms with van der Waals surface area (Å²) in [5.41, 5.74) is -3.68. The van der Waals surface area contributed by atoms with Gasteiger partial charge in [-0.15, -0.1) is 0 Å². The molecule has 0 unspecified atom stereocenters. The summed E-state index contributed by atoms with van der Waals surface area (Å²) < 4.78 is 76.4. The fourth-order valence-electron chi connectivity index (χ4n) is 1.36. The molecule has 0 aliphatic heterocycles. The molecule has 1 rings (SSSR count). The molecule has 1 aromatic carbocycles. The second-order valence-corrected chi connectivity index (χ2v) is 3.25. The lowest BCUT2D eigenvalue weighted by Gasteiger charge is -2.14. The van der Waals surface area contributed by atoms with Gasteiger partial charge in [-0.3, -0.25) is 0 Å². The molecule has 0 aliphatic rings. The monoisotopic (exact) mass is 253 g/mol. The Morgan fingerprint density at radius 2 is 1.59 bits per heavy atom. The van der Waals surface area contributed by atoms with E-state index in [9.17, 15) is 26.3 Å². The van der Waals surface area contributed by atoms with Crippen LogP contribution in [0.4, 0.5) is 26.3 Å². The van der Waals surface area contributed by atoms with Gasteiger partial charge in [-0.2, -0.15) is 18.4 Å². The smallest absolute Gasteiger partial charge is 0.206 e. The van der Waals surface area contributed by atoms with E-state index in [1.807, 2.05) is 0 Å². The molecule has 0 bridgehead atoms. The van der Waals surface area contributed by atoms with E-state index in [1.54, 1.807) is 0 Å². The number of rotatable bonds is 1. The number of nitriles is 1. The minimum Gasteiger partial charge on any atom is -0.206 e. The Bertz CT molecular complexity index is 468. The summed E-state index contributed by atoms with van der Waals surface area (Å²) in [5.74, 6) is -6.04. The van der Waals surface area contributed by atoms with E-state index in [2.05, 4.69) is 0 Å². The third-order valence-electron chi connectivity index (χ3n) is 2.22. The normalized spacial score (nSPS) is 11.4. The molecule has 1 aromatic rings. The van der Waals surface area contributed by atoms with Crippen molar-refractivity contribution in [2.24, 2.45) is 0 Å². The molecule has 0 fully saturated rings. The number of alkyl halides is 3. The van der Waals surface area contributed by atoms with Crippen molar-refractivity contribution in [3.8, 4) is 6.07 Å². The predicted octanol–water partition coefficient (Wildman–Crippen LogP) is 3.50. The molecule has 0 aromatic heterocycles. The molecule has 0 aliphatic carbocycles. The molecule has 0 atom stereocenters. The van der Waals surface area contributed by atoms with Crippen LogP contribution in [0.5, 0.6) is 0 Å². The highest BCUT2D eigenvalue weighted by Gasteiger charge is 2.41. The van der Waals surface area contributed by atoms with Gasteiger partial charge in [0.1, 0.15) is 11.4 Å². The number of nitrogens with zero attached hydrogens (tertiary/aromatic N) is 1. The Balaban J connectivity index is 3.66. The highest BCUT2D eigenvalue weighted by atomic mass is 19.4. The van der Waals surface area contributed by atoms with E-state index in [-0.39, 0.29) is 0 Å². The summed E-state index contributed by atoms with van der Waals surface area (Å²) in [6.07, 6.45) is -6.03. The van der Waals surface area contributed by atoms with E-state index in [0.717, 1.165) is 6.92 Å². The van der Waals surface area contributed by atoms with Gasteiger partial charge in [-0.25, -0.2) is 13.2 Å². The summed E-state index contributed by atoms with van der Waals surface area (Å²) in [6, 6.07) is 1.42. The minimum atomic E-state index is -5.33. The lowest BCUT2D eigenvalue weighted by atomic mass is 10.00. The highest BCUT2D eigenvalue weighted by Crippen LogP contribution is 2.37. The molecule has 0 heterocycles. The van der Waals surface area contributed by atoms with Crippen LogP contribution in [0.15, 0.2) is 0 Å². The maximum absolute atomic E-state index is 13.3. The molecule has 7 heteroatoms. The average Bonchev–Trinajstić information content (AvgIpc) is 2.20. The Labute approximate surface area is 92.3 Å². The molecule has 0 radical (unpaired) electrons. The van der Waals surface area contributed by atoms with Gasteiger partial charge in [-0.1, -0.05) is 0 Å². The summed E-state index contributed by atoms with van der Waals surface area (Å²) in [4.78, 5) is 0. The Morgan fingerprint density at radius 1 is 1.06 bits per heavy atom. The zero-order valence-corrected chi connectivity index (χ0v) is 8.42. The zero-order valence-electron chi connectivity index (χ0n) is 8.42. The van der Waals surface area contributed by atoms with Gasteiger partial charge < -0.3 is 0 Å². The van der Waals surface area contributed by atoms with Gasteiger partial charge in [0.2, 0.25) is 0 Å². The lowest BCUT2D eigenvalue weighted by molar-refractivity contribution is -0.142. The van der Waals surface area contributed by atoms with Crippen molar-refractivity contribution in [3.63, 3.8) is 0 Å². The predicted molar refractivity (Wildman–Crippen MR) is 45.4 cm³/mol. The minimum absolute atomic E-state index is 0.699. The van der Waals surface area contributed by atoms with Crippen LogP contribution in [0.1, 0.15) is 16.7 Å². The zero-order chi connectivity index (χ0) is 13.4. The third-order valence-corrected chi connectivity index (χ3v) is 2.22. The van der Waals surface area contributed by atoms with E-state index < -0.39 is 46.7 Å². The van der Waals surface area contributed by atoms with Gasteiger partial charge in [-0.05, 0) is 12.5 Å². The lowest BCUT2D eigenvalue weighted by Crippen LogP contribution is -2.16. The van der Waals surface area contributed by atoms with E-state index in [4.69, 9.17) is 5.26 Å². The molecule has 17 heavy (non-hydrogen) atoms. The number of halogens is 6. The molecule has 0 N–H and O–H groups in total. The first-order valence-corrected chi connectivity index (χ1v) is 4.31. The van der Waals surface area contributed by atoms with Gasteiger partial charge in [0.25, 0.3) is 0 Å². The fourth-order valence-corrected chi connectivity index (χ4v) is 1.36. The summed E-state index contributed by atoms with van der Waals surface area (Å²) in [6.45, 7) is 0.861. The van der Waals surface area contributed by atoms with Crippen molar-refractivity contribution in [1.29, 1.82) is 5.26 Å². The molecular weight excluding hydrogens is 248 g/mol. The third kappa shape index (κ3) is 2.20. The molecule has 92 valence electrons. The second kappa shape index (κ2) is 4.28. The average molecular weight is 253 g/mol. The molecular formula is C10H5F6N. The molecule has 0 amide bonds. The van der Waals surface area contributed by atoms with Crippen LogP contribution < -0.4 is 0 Å². The van der Waals surface area contributed by atoms with Crippen LogP contribution in [0.25, 0.3) is 0 Å². The molecule has 0 spiro atoms. The van der Waals surface area contributed by atoms with Crippen molar-refractivity contribution in [2.75, 3.05) is 0 Å². The van der Waals surface area contributed by atoms with Gasteiger partial charge in [0.15, 0.2) is 11.6 Å². The van der Waals surface area contributed by atoms with Crippen molar-refractivity contribution in [2.45, 2.75) is 19.5 Å². The van der Waals surface area contributed by atoms with E-state index in [0.29, 0.717) is 0 Å². The van der Waals surface area contributed by atoms with Gasteiger partial charge in [0, 0.05) is 5.56 Å². The highest BCUT2D eigenvalue weighted by molar-refractivity contribution is 5.38.